The van der Waals surface area contributed by atoms with E-state index in [1.165, 1.54) is 0 Å². The van der Waals surface area contributed by atoms with E-state index < -0.39 is 5.97 Å². The van der Waals surface area contributed by atoms with Crippen LogP contribution in [0.1, 0.15) is 23.2 Å². The molecule has 6 nitrogen and oxygen atoms in total. The minimum absolute atomic E-state index is 0.176. The Kier molecular flexibility index (Phi) is 5.64. The number of nitrogens with zero attached hydrogens (tertiary/aromatic N) is 2. The van der Waals surface area contributed by atoms with E-state index in [4.69, 9.17) is 28.3 Å². The Labute approximate surface area is 160 Å². The first kappa shape index (κ1) is 18.5. The van der Waals surface area contributed by atoms with E-state index in [1.54, 1.807) is 41.4 Å². The molecule has 3 rings (SSSR count). The van der Waals surface area contributed by atoms with E-state index in [2.05, 4.69) is 10.3 Å². The van der Waals surface area contributed by atoms with Gasteiger partial charge in [-0.2, -0.15) is 0 Å². The van der Waals surface area contributed by atoms with Crippen LogP contribution in [-0.4, -0.2) is 40.0 Å². The van der Waals surface area contributed by atoms with Crippen LogP contribution in [0.15, 0.2) is 36.5 Å². The molecule has 0 atom stereocenters. The molecule has 8 heteroatoms. The number of pyridine rings is 1. The van der Waals surface area contributed by atoms with Crippen LogP contribution in [0.2, 0.25) is 10.0 Å². The summed E-state index contributed by atoms with van der Waals surface area (Å²) in [6.45, 7) is 0.827. The van der Waals surface area contributed by atoms with Crippen molar-refractivity contribution in [2.24, 2.45) is 5.92 Å². The largest absolute Gasteiger partial charge is 0.481 e. The molecule has 136 valence electrons. The van der Waals surface area contributed by atoms with Gasteiger partial charge in [-0.15, -0.1) is 0 Å². The Morgan fingerprint density at radius 1 is 1.15 bits per heavy atom. The zero-order valence-corrected chi connectivity index (χ0v) is 15.3. The number of carbonyl (C=O) groups excluding carboxylic acids is 1. The number of amides is 1. The fraction of sp³-hybridized carbons (Fsp3) is 0.278. The summed E-state index contributed by atoms with van der Waals surface area (Å²) in [6, 6.07) is 8.45. The van der Waals surface area contributed by atoms with Gasteiger partial charge < -0.3 is 15.3 Å². The fourth-order valence-corrected chi connectivity index (χ4v) is 3.19. The highest BCUT2D eigenvalue weighted by Crippen LogP contribution is 2.28. The third kappa shape index (κ3) is 4.08. The maximum atomic E-state index is 12.9. The van der Waals surface area contributed by atoms with Gasteiger partial charge >= 0.3 is 5.97 Å². The predicted octanol–water partition coefficient (Wildman–Crippen LogP) is 4.07. The molecule has 0 aliphatic carbocycles. The average molecular weight is 394 g/mol. The molecule has 0 unspecified atom stereocenters. The maximum Gasteiger partial charge on any atom is 0.306 e. The van der Waals surface area contributed by atoms with E-state index >= 15 is 0 Å². The Bertz CT molecular complexity index is 836. The Balaban J connectivity index is 1.77. The highest BCUT2D eigenvalue weighted by atomic mass is 35.5. The van der Waals surface area contributed by atoms with Gasteiger partial charge in [-0.05, 0) is 43.2 Å². The van der Waals surface area contributed by atoms with Gasteiger partial charge in [0.1, 0.15) is 5.82 Å². The Morgan fingerprint density at radius 2 is 1.88 bits per heavy atom. The average Bonchev–Trinajstić information content (AvgIpc) is 2.65. The molecule has 0 bridgehead atoms. The number of piperidine rings is 1. The molecule has 2 heterocycles. The molecule has 1 aliphatic heterocycles. The van der Waals surface area contributed by atoms with E-state index in [1.807, 2.05) is 0 Å². The number of nitrogens with one attached hydrogen (secondary N) is 1. The van der Waals surface area contributed by atoms with Gasteiger partial charge in [0.25, 0.3) is 5.91 Å². The number of benzene rings is 1. The highest BCUT2D eigenvalue weighted by Gasteiger charge is 2.28. The zero-order chi connectivity index (χ0) is 18.7. The molecule has 1 fully saturated rings. The first-order valence-electron chi connectivity index (χ1n) is 8.15. The Hall–Kier alpha value is -2.31. The minimum Gasteiger partial charge on any atom is -0.481 e. The van der Waals surface area contributed by atoms with Gasteiger partial charge in [0.2, 0.25) is 0 Å². The molecular formula is C18H17Cl2N3O3. The fourth-order valence-electron chi connectivity index (χ4n) is 2.89. The van der Waals surface area contributed by atoms with Crippen molar-refractivity contribution in [3.05, 3.63) is 52.1 Å². The third-order valence-corrected chi connectivity index (χ3v) is 5.09. The van der Waals surface area contributed by atoms with Gasteiger partial charge in [0.05, 0.1) is 21.5 Å². The van der Waals surface area contributed by atoms with Crippen LogP contribution in [0.4, 0.5) is 11.5 Å². The smallest absolute Gasteiger partial charge is 0.306 e. The quantitative estimate of drug-likeness (QED) is 0.817. The number of rotatable bonds is 4. The standard InChI is InChI=1S/C18H17Cl2N3O3/c19-14-4-3-12(10-15(14)20)22-16-13(2-1-7-21-16)17(24)23-8-5-11(6-9-23)18(25)26/h1-4,7,10-11H,5-6,8-9H2,(H,21,22)(H,25,26). The third-order valence-electron chi connectivity index (χ3n) is 4.35. The van der Waals surface area contributed by atoms with Gasteiger partial charge in [0, 0.05) is 25.0 Å². The van der Waals surface area contributed by atoms with Crippen LogP contribution >= 0.6 is 23.2 Å². The van der Waals surface area contributed by atoms with Crippen molar-refractivity contribution in [3.8, 4) is 0 Å². The molecule has 26 heavy (non-hydrogen) atoms. The molecule has 2 N–H and O–H groups in total. The number of aromatic nitrogens is 1. The number of anilines is 2. The summed E-state index contributed by atoms with van der Waals surface area (Å²) in [7, 11) is 0. The first-order valence-corrected chi connectivity index (χ1v) is 8.90. The number of halogens is 2. The summed E-state index contributed by atoms with van der Waals surface area (Å²) in [5.41, 5.74) is 1.09. The normalized spacial score (nSPS) is 14.9. The van der Waals surface area contributed by atoms with Crippen molar-refractivity contribution in [2.75, 3.05) is 18.4 Å². The Morgan fingerprint density at radius 3 is 2.54 bits per heavy atom. The number of likely N-dealkylation sites (tertiary alicyclic amines) is 1. The van der Waals surface area contributed by atoms with Gasteiger partial charge in [0.15, 0.2) is 0 Å². The summed E-state index contributed by atoms with van der Waals surface area (Å²) in [5.74, 6) is -0.956. The van der Waals surface area contributed by atoms with Gasteiger partial charge in [-0.1, -0.05) is 23.2 Å². The second-order valence-corrected chi connectivity index (χ2v) is 6.87. The summed E-state index contributed by atoms with van der Waals surface area (Å²) >= 11 is 12.0. The number of hydrogen-bond acceptors (Lipinski definition) is 4. The van der Waals surface area contributed by atoms with Crippen LogP contribution in [-0.2, 0) is 4.79 Å². The van der Waals surface area contributed by atoms with E-state index in [9.17, 15) is 9.59 Å². The van der Waals surface area contributed by atoms with Crippen molar-refractivity contribution in [3.63, 3.8) is 0 Å². The van der Waals surface area contributed by atoms with Gasteiger partial charge in [-0.3, -0.25) is 9.59 Å². The SMILES string of the molecule is O=C(O)C1CCN(C(=O)c2cccnc2Nc2ccc(Cl)c(Cl)c2)CC1. The minimum atomic E-state index is -0.805. The summed E-state index contributed by atoms with van der Waals surface area (Å²) in [4.78, 5) is 29.8. The zero-order valence-electron chi connectivity index (χ0n) is 13.8. The molecule has 1 aliphatic rings. The van der Waals surface area contributed by atoms with Crippen molar-refractivity contribution in [1.82, 2.24) is 9.88 Å². The second kappa shape index (κ2) is 7.93. The maximum absolute atomic E-state index is 12.9. The summed E-state index contributed by atoms with van der Waals surface area (Å²) in [5, 5.41) is 13.0. The van der Waals surface area contributed by atoms with Crippen molar-refractivity contribution in [2.45, 2.75) is 12.8 Å². The van der Waals surface area contributed by atoms with Crippen molar-refractivity contribution >= 4 is 46.6 Å². The second-order valence-electron chi connectivity index (χ2n) is 6.06. The van der Waals surface area contributed by atoms with Crippen LogP contribution in [0.5, 0.6) is 0 Å². The molecule has 1 aromatic heterocycles. The first-order chi connectivity index (χ1) is 12.5. The van der Waals surface area contributed by atoms with Crippen LogP contribution < -0.4 is 5.32 Å². The number of carboxylic acids is 1. The van der Waals surface area contributed by atoms with E-state index in [0.29, 0.717) is 53.0 Å². The van der Waals surface area contributed by atoms with Crippen LogP contribution in [0, 0.1) is 5.92 Å². The lowest BCUT2D eigenvalue weighted by atomic mass is 9.96. The molecular weight excluding hydrogens is 377 g/mol. The molecule has 0 saturated carbocycles. The van der Waals surface area contributed by atoms with Gasteiger partial charge in [-0.25, -0.2) is 4.98 Å². The molecule has 0 radical (unpaired) electrons. The highest BCUT2D eigenvalue weighted by molar-refractivity contribution is 6.42. The van der Waals surface area contributed by atoms with Crippen LogP contribution in [0.25, 0.3) is 0 Å². The lowest BCUT2D eigenvalue weighted by Gasteiger charge is -2.30. The molecule has 2 aromatic rings. The lowest BCUT2D eigenvalue weighted by molar-refractivity contribution is -0.143. The summed E-state index contributed by atoms with van der Waals surface area (Å²) in [6.07, 6.45) is 2.50. The molecule has 1 amide bonds. The van der Waals surface area contributed by atoms with E-state index in [-0.39, 0.29) is 11.8 Å². The number of aliphatic carboxylic acids is 1. The number of carboxylic acid groups (broad SMARTS) is 1. The monoisotopic (exact) mass is 393 g/mol. The molecule has 1 aromatic carbocycles. The predicted molar refractivity (Wildman–Crippen MR) is 100 cm³/mol. The van der Waals surface area contributed by atoms with Crippen molar-refractivity contribution in [1.29, 1.82) is 0 Å². The van der Waals surface area contributed by atoms with Crippen LogP contribution in [0.3, 0.4) is 0 Å². The number of hydrogen-bond donors (Lipinski definition) is 2. The molecule has 1 saturated heterocycles. The lowest BCUT2D eigenvalue weighted by Crippen LogP contribution is -2.40. The summed E-state index contributed by atoms with van der Waals surface area (Å²) < 4.78 is 0. The molecule has 0 spiro atoms. The topological polar surface area (TPSA) is 82.5 Å². The van der Waals surface area contributed by atoms with Crippen molar-refractivity contribution < 1.29 is 14.7 Å². The number of carbonyl (C=O) groups is 2. The van der Waals surface area contributed by atoms with E-state index in [0.717, 1.165) is 0 Å².